The van der Waals surface area contributed by atoms with Crippen molar-refractivity contribution in [3.8, 4) is 11.4 Å². The molecule has 4 N–H and O–H groups in total. The first kappa shape index (κ1) is 23.4. The molecule has 0 aliphatic rings. The van der Waals surface area contributed by atoms with Gasteiger partial charge in [-0.1, -0.05) is 5.16 Å². The molecule has 0 spiro atoms. The zero-order chi connectivity index (χ0) is 23.4. The standard InChI is InChI=1S/C21H24FN5O4S/c1-21(2,13-22)20(28)24-15-5-7-16(8-6-15)27-32(29,30)17-9-3-14(4-10-17)19-25-18(11-12-23)31-26-19/h3-10,27H,11-13,23H2,1-2H3,(H,24,28). The Morgan fingerprint density at radius 3 is 2.31 bits per heavy atom. The summed E-state index contributed by atoms with van der Waals surface area (Å²) >= 11 is 0. The highest BCUT2D eigenvalue weighted by Crippen LogP contribution is 2.23. The Morgan fingerprint density at radius 1 is 1.09 bits per heavy atom. The first-order chi connectivity index (χ1) is 15.1. The molecule has 3 aromatic rings. The molecule has 0 bridgehead atoms. The van der Waals surface area contributed by atoms with Crippen LogP contribution in [0.4, 0.5) is 15.8 Å². The van der Waals surface area contributed by atoms with E-state index in [1.165, 1.54) is 50.2 Å². The van der Waals surface area contributed by atoms with Crippen LogP contribution in [0.1, 0.15) is 19.7 Å². The smallest absolute Gasteiger partial charge is 0.261 e. The van der Waals surface area contributed by atoms with E-state index >= 15 is 0 Å². The molecule has 1 amide bonds. The maximum Gasteiger partial charge on any atom is 0.261 e. The number of hydrogen-bond acceptors (Lipinski definition) is 7. The predicted molar refractivity (Wildman–Crippen MR) is 118 cm³/mol. The molecule has 0 radical (unpaired) electrons. The Labute approximate surface area is 185 Å². The number of nitrogens with zero attached hydrogens (tertiary/aromatic N) is 2. The van der Waals surface area contributed by atoms with Crippen molar-refractivity contribution in [3.05, 3.63) is 54.4 Å². The minimum Gasteiger partial charge on any atom is -0.339 e. The van der Waals surface area contributed by atoms with E-state index in [4.69, 9.17) is 10.3 Å². The molecule has 3 rings (SSSR count). The van der Waals surface area contributed by atoms with E-state index in [1.807, 2.05) is 0 Å². The van der Waals surface area contributed by atoms with Crippen LogP contribution in [0.15, 0.2) is 57.9 Å². The molecule has 11 heteroatoms. The number of carbonyl (C=O) groups excluding carboxylic acids is 1. The number of anilines is 2. The van der Waals surface area contributed by atoms with Crippen molar-refractivity contribution >= 4 is 27.3 Å². The predicted octanol–water partition coefficient (Wildman–Crippen LogP) is 2.97. The van der Waals surface area contributed by atoms with E-state index < -0.39 is 28.0 Å². The summed E-state index contributed by atoms with van der Waals surface area (Å²) in [7, 11) is -3.85. The van der Waals surface area contributed by atoms with Crippen molar-refractivity contribution in [2.45, 2.75) is 25.2 Å². The van der Waals surface area contributed by atoms with Crippen molar-refractivity contribution in [2.75, 3.05) is 23.3 Å². The first-order valence-corrected chi connectivity index (χ1v) is 11.3. The number of aromatic nitrogens is 2. The van der Waals surface area contributed by atoms with E-state index in [9.17, 15) is 17.6 Å². The summed E-state index contributed by atoms with van der Waals surface area (Å²) in [6.45, 7) is 2.58. The van der Waals surface area contributed by atoms with Crippen LogP contribution in [0, 0.1) is 5.41 Å². The van der Waals surface area contributed by atoms with Crippen LogP contribution in [0.3, 0.4) is 0 Å². The minimum atomic E-state index is -3.85. The summed E-state index contributed by atoms with van der Waals surface area (Å²) in [5.74, 6) is 0.290. The first-order valence-electron chi connectivity index (χ1n) is 9.78. The highest BCUT2D eigenvalue weighted by molar-refractivity contribution is 7.92. The minimum absolute atomic E-state index is 0.0500. The van der Waals surface area contributed by atoms with E-state index in [1.54, 1.807) is 12.1 Å². The fourth-order valence-corrected chi connectivity index (χ4v) is 3.64. The average Bonchev–Trinajstić information content (AvgIpc) is 3.24. The number of amides is 1. The van der Waals surface area contributed by atoms with Gasteiger partial charge in [-0.05, 0) is 62.4 Å². The number of hydrogen-bond donors (Lipinski definition) is 3. The van der Waals surface area contributed by atoms with E-state index in [0.717, 1.165) is 0 Å². The van der Waals surface area contributed by atoms with E-state index in [-0.39, 0.29) is 4.90 Å². The van der Waals surface area contributed by atoms with Crippen molar-refractivity contribution in [1.82, 2.24) is 10.1 Å². The van der Waals surface area contributed by atoms with Crippen molar-refractivity contribution in [1.29, 1.82) is 0 Å². The van der Waals surface area contributed by atoms with Crippen molar-refractivity contribution in [2.24, 2.45) is 11.1 Å². The number of sulfonamides is 1. The zero-order valence-corrected chi connectivity index (χ0v) is 18.4. The monoisotopic (exact) mass is 461 g/mol. The molecule has 0 saturated heterocycles. The van der Waals surface area contributed by atoms with Gasteiger partial charge in [0.05, 0.1) is 10.3 Å². The van der Waals surface area contributed by atoms with Gasteiger partial charge in [0.15, 0.2) is 0 Å². The van der Waals surface area contributed by atoms with Gasteiger partial charge < -0.3 is 15.6 Å². The number of nitrogens with two attached hydrogens (primary N) is 1. The number of rotatable bonds is 9. The van der Waals surface area contributed by atoms with Crippen molar-refractivity contribution in [3.63, 3.8) is 0 Å². The number of nitrogens with one attached hydrogen (secondary N) is 2. The van der Waals surface area contributed by atoms with Crippen LogP contribution >= 0.6 is 0 Å². The number of halogens is 1. The summed E-state index contributed by atoms with van der Waals surface area (Å²) in [5.41, 5.74) is 5.64. The summed E-state index contributed by atoms with van der Waals surface area (Å²) in [5, 5.41) is 6.46. The van der Waals surface area contributed by atoms with Gasteiger partial charge in [-0.2, -0.15) is 4.98 Å². The SMILES string of the molecule is CC(C)(CF)C(=O)Nc1ccc(NS(=O)(=O)c2ccc(-c3noc(CCN)n3)cc2)cc1. The third kappa shape index (κ3) is 5.48. The summed E-state index contributed by atoms with van der Waals surface area (Å²) < 4.78 is 45.9. The normalized spacial score (nSPS) is 11.9. The van der Waals surface area contributed by atoms with E-state index in [0.29, 0.717) is 41.6 Å². The van der Waals surface area contributed by atoms with E-state index in [2.05, 4.69) is 20.2 Å². The zero-order valence-electron chi connectivity index (χ0n) is 17.6. The van der Waals surface area contributed by atoms with Crippen LogP contribution in [0.5, 0.6) is 0 Å². The molecule has 1 heterocycles. The Morgan fingerprint density at radius 2 is 1.72 bits per heavy atom. The molecule has 1 aromatic heterocycles. The van der Waals surface area contributed by atoms with Gasteiger partial charge in [-0.25, -0.2) is 12.8 Å². The van der Waals surface area contributed by atoms with Gasteiger partial charge in [-0.3, -0.25) is 9.52 Å². The average molecular weight is 462 g/mol. The second kappa shape index (κ2) is 9.45. The molecule has 0 saturated carbocycles. The second-order valence-corrected chi connectivity index (χ2v) is 9.41. The van der Waals surface area contributed by atoms with Gasteiger partial charge >= 0.3 is 0 Å². The van der Waals surface area contributed by atoms with Crippen LogP contribution in [-0.2, 0) is 21.2 Å². The topological polar surface area (TPSA) is 140 Å². The van der Waals surface area contributed by atoms with Gasteiger partial charge in [0.1, 0.15) is 6.67 Å². The number of carbonyl (C=O) groups is 1. The van der Waals surface area contributed by atoms with Crippen LogP contribution in [-0.4, -0.2) is 37.7 Å². The molecule has 0 aliphatic heterocycles. The molecule has 9 nitrogen and oxygen atoms in total. The van der Waals surface area contributed by atoms with Crippen LogP contribution in [0.2, 0.25) is 0 Å². The van der Waals surface area contributed by atoms with Crippen LogP contribution in [0.25, 0.3) is 11.4 Å². The maximum absolute atomic E-state index is 12.9. The summed E-state index contributed by atoms with van der Waals surface area (Å²) in [6, 6.07) is 12.1. The highest BCUT2D eigenvalue weighted by atomic mass is 32.2. The summed E-state index contributed by atoms with van der Waals surface area (Å²) in [6.07, 6.45) is 0.458. The Balaban J connectivity index is 1.68. The molecular weight excluding hydrogens is 437 g/mol. The molecule has 0 unspecified atom stereocenters. The molecule has 0 atom stereocenters. The lowest BCUT2D eigenvalue weighted by atomic mass is 9.94. The lowest BCUT2D eigenvalue weighted by molar-refractivity contribution is -0.124. The Hall–Kier alpha value is -3.31. The lowest BCUT2D eigenvalue weighted by Gasteiger charge is -2.19. The van der Waals surface area contributed by atoms with Gasteiger partial charge in [0, 0.05) is 29.9 Å². The Kier molecular flexibility index (Phi) is 6.90. The number of alkyl halides is 1. The molecule has 170 valence electrons. The van der Waals surface area contributed by atoms with Gasteiger partial charge in [-0.15, -0.1) is 0 Å². The maximum atomic E-state index is 12.9. The molecular formula is C21H24FN5O4S. The van der Waals surface area contributed by atoms with Gasteiger partial charge in [0.25, 0.3) is 10.0 Å². The van der Waals surface area contributed by atoms with Crippen LogP contribution < -0.4 is 15.8 Å². The molecule has 0 aliphatic carbocycles. The number of benzene rings is 2. The Bertz CT molecular complexity index is 1180. The fourth-order valence-electron chi connectivity index (χ4n) is 2.58. The largest absolute Gasteiger partial charge is 0.339 e. The third-order valence-corrected chi connectivity index (χ3v) is 5.99. The fraction of sp³-hybridized carbons (Fsp3) is 0.286. The van der Waals surface area contributed by atoms with Crippen molar-refractivity contribution < 1.29 is 22.1 Å². The van der Waals surface area contributed by atoms with Gasteiger partial charge in [0.2, 0.25) is 17.6 Å². The summed E-state index contributed by atoms with van der Waals surface area (Å²) in [4.78, 5) is 16.3. The third-order valence-electron chi connectivity index (χ3n) is 4.59. The molecule has 32 heavy (non-hydrogen) atoms. The molecule has 0 fully saturated rings. The quantitative estimate of drug-likeness (QED) is 0.445. The molecule has 2 aromatic carbocycles. The lowest BCUT2D eigenvalue weighted by Crippen LogP contribution is -2.32. The highest BCUT2D eigenvalue weighted by Gasteiger charge is 2.27. The second-order valence-electron chi connectivity index (χ2n) is 7.73.